The monoisotopic (exact) mass is 303 g/mol. The highest BCUT2D eigenvalue weighted by molar-refractivity contribution is 6.33. The molecule has 0 bridgehead atoms. The molecule has 5 nitrogen and oxygen atoms in total. The van der Waals surface area contributed by atoms with Gasteiger partial charge in [-0.2, -0.15) is 5.10 Å². The van der Waals surface area contributed by atoms with Crippen LogP contribution in [0, 0.1) is 0 Å². The third-order valence-electron chi connectivity index (χ3n) is 3.32. The van der Waals surface area contributed by atoms with E-state index in [1.807, 2.05) is 0 Å². The number of nitrogens with one attached hydrogen (secondary N) is 1. The normalized spacial score (nSPS) is 14.0. The van der Waals surface area contributed by atoms with Crippen LogP contribution in [0.5, 0.6) is 0 Å². The number of benzene rings is 1. The zero-order valence-corrected chi connectivity index (χ0v) is 12.0. The van der Waals surface area contributed by atoms with Crippen molar-refractivity contribution >= 4 is 23.2 Å². The first-order chi connectivity index (χ1) is 10.1. The first-order valence-corrected chi connectivity index (χ1v) is 7.14. The summed E-state index contributed by atoms with van der Waals surface area (Å²) in [5.41, 5.74) is 1.12. The fraction of sp³-hybridized carbons (Fsp3) is 0.267. The molecule has 0 saturated heterocycles. The summed E-state index contributed by atoms with van der Waals surface area (Å²) in [6, 6.07) is 10.2. The molecule has 1 amide bonds. The molecule has 3 rings (SSSR count). The maximum Gasteiger partial charge on any atom is 0.267 e. The highest BCUT2D eigenvalue weighted by Crippen LogP contribution is 2.38. The molecule has 1 aromatic carbocycles. The Morgan fingerprint density at radius 1 is 1.29 bits per heavy atom. The minimum absolute atomic E-state index is 0.120. The lowest BCUT2D eigenvalue weighted by molar-refractivity contribution is -0.117. The van der Waals surface area contributed by atoms with Crippen molar-refractivity contribution in [3.8, 4) is 0 Å². The fourth-order valence-electron chi connectivity index (χ4n) is 2.06. The van der Waals surface area contributed by atoms with Crippen LogP contribution in [0.25, 0.3) is 0 Å². The second-order valence-corrected chi connectivity index (χ2v) is 5.46. The Labute approximate surface area is 126 Å². The largest absolute Gasteiger partial charge is 0.323 e. The van der Waals surface area contributed by atoms with Crippen LogP contribution in [0.3, 0.4) is 0 Å². The Morgan fingerprint density at radius 3 is 2.76 bits per heavy atom. The Balaban J connectivity index is 1.74. The van der Waals surface area contributed by atoms with Crippen molar-refractivity contribution in [2.45, 2.75) is 25.3 Å². The molecular weight excluding hydrogens is 290 g/mol. The molecule has 1 aliphatic carbocycles. The van der Waals surface area contributed by atoms with Crippen molar-refractivity contribution in [3.63, 3.8) is 0 Å². The van der Waals surface area contributed by atoms with Crippen LogP contribution in [0.2, 0.25) is 5.02 Å². The summed E-state index contributed by atoms with van der Waals surface area (Å²) in [6.07, 6.45) is 2.19. The SMILES string of the molecule is O=C(Cn1nc(C2CC2)ccc1=O)Nc1ccccc1Cl. The fourth-order valence-corrected chi connectivity index (χ4v) is 2.25. The summed E-state index contributed by atoms with van der Waals surface area (Å²) in [5, 5.41) is 7.38. The number of rotatable bonds is 4. The number of carbonyl (C=O) groups excluding carboxylic acids is 1. The van der Waals surface area contributed by atoms with Crippen molar-refractivity contribution in [1.29, 1.82) is 0 Å². The lowest BCUT2D eigenvalue weighted by Crippen LogP contribution is -2.29. The third kappa shape index (κ3) is 3.31. The van der Waals surface area contributed by atoms with E-state index in [0.717, 1.165) is 18.5 Å². The number of aromatic nitrogens is 2. The molecule has 1 heterocycles. The number of amides is 1. The van der Waals surface area contributed by atoms with E-state index in [1.54, 1.807) is 30.3 Å². The molecule has 108 valence electrons. The lowest BCUT2D eigenvalue weighted by Gasteiger charge is -2.08. The molecule has 0 spiro atoms. The lowest BCUT2D eigenvalue weighted by atomic mass is 10.3. The van der Waals surface area contributed by atoms with E-state index < -0.39 is 0 Å². The molecule has 0 atom stereocenters. The molecular formula is C15H14ClN3O2. The molecule has 21 heavy (non-hydrogen) atoms. The predicted octanol–water partition coefficient (Wildman–Crippen LogP) is 2.41. The predicted molar refractivity (Wildman–Crippen MR) is 80.6 cm³/mol. The number of carbonyl (C=O) groups is 1. The minimum atomic E-state index is -0.328. The van der Waals surface area contributed by atoms with Crippen molar-refractivity contribution in [2.75, 3.05) is 5.32 Å². The zero-order valence-electron chi connectivity index (χ0n) is 11.3. The van der Waals surface area contributed by atoms with Gasteiger partial charge in [0.25, 0.3) is 5.56 Å². The molecule has 1 saturated carbocycles. The average Bonchev–Trinajstić information content (AvgIpc) is 3.28. The van der Waals surface area contributed by atoms with E-state index in [0.29, 0.717) is 16.6 Å². The van der Waals surface area contributed by atoms with E-state index in [4.69, 9.17) is 11.6 Å². The topological polar surface area (TPSA) is 64.0 Å². The number of anilines is 1. The van der Waals surface area contributed by atoms with Crippen molar-refractivity contribution in [3.05, 3.63) is 57.5 Å². The average molecular weight is 304 g/mol. The minimum Gasteiger partial charge on any atom is -0.323 e. The summed E-state index contributed by atoms with van der Waals surface area (Å²) in [7, 11) is 0. The summed E-state index contributed by atoms with van der Waals surface area (Å²) < 4.78 is 1.19. The van der Waals surface area contributed by atoms with E-state index >= 15 is 0 Å². The van der Waals surface area contributed by atoms with Crippen molar-refractivity contribution < 1.29 is 4.79 Å². The quantitative estimate of drug-likeness (QED) is 0.943. The number of hydrogen-bond donors (Lipinski definition) is 1. The standard InChI is InChI=1S/C15H14ClN3O2/c16-11-3-1-2-4-13(11)17-14(20)9-19-15(21)8-7-12(18-19)10-5-6-10/h1-4,7-8,10H,5-6,9H2,(H,17,20). The molecule has 1 N–H and O–H groups in total. The van der Waals surface area contributed by atoms with E-state index in [9.17, 15) is 9.59 Å². The van der Waals surface area contributed by atoms with Gasteiger partial charge in [0.05, 0.1) is 16.4 Å². The first-order valence-electron chi connectivity index (χ1n) is 6.76. The van der Waals surface area contributed by atoms with Gasteiger partial charge in [-0.3, -0.25) is 9.59 Å². The van der Waals surface area contributed by atoms with E-state index in [1.165, 1.54) is 10.7 Å². The molecule has 6 heteroatoms. The Morgan fingerprint density at radius 2 is 2.05 bits per heavy atom. The summed E-state index contributed by atoms with van der Waals surface area (Å²) >= 11 is 5.98. The van der Waals surface area contributed by atoms with Gasteiger partial charge in [0.1, 0.15) is 6.54 Å². The van der Waals surface area contributed by atoms with E-state index in [2.05, 4.69) is 10.4 Å². The van der Waals surface area contributed by atoms with Gasteiger partial charge < -0.3 is 5.32 Å². The summed E-state index contributed by atoms with van der Waals surface area (Å²) in [4.78, 5) is 23.8. The van der Waals surface area contributed by atoms with E-state index in [-0.39, 0.29) is 18.0 Å². The van der Waals surface area contributed by atoms with Gasteiger partial charge in [-0.05, 0) is 31.0 Å². The third-order valence-corrected chi connectivity index (χ3v) is 3.65. The van der Waals surface area contributed by atoms with Crippen molar-refractivity contribution in [2.24, 2.45) is 0 Å². The van der Waals surface area contributed by atoms with Crippen LogP contribution in [0.1, 0.15) is 24.5 Å². The van der Waals surface area contributed by atoms with Crippen LogP contribution in [-0.2, 0) is 11.3 Å². The molecule has 0 aliphatic heterocycles. The smallest absolute Gasteiger partial charge is 0.267 e. The van der Waals surface area contributed by atoms with Crippen molar-refractivity contribution in [1.82, 2.24) is 9.78 Å². The van der Waals surface area contributed by atoms with Gasteiger partial charge in [0.15, 0.2) is 0 Å². The van der Waals surface area contributed by atoms with Crippen LogP contribution in [0.15, 0.2) is 41.2 Å². The van der Waals surface area contributed by atoms with Crippen LogP contribution >= 0.6 is 11.6 Å². The molecule has 1 fully saturated rings. The molecule has 1 aromatic heterocycles. The number of nitrogens with zero attached hydrogens (tertiary/aromatic N) is 2. The number of para-hydroxylation sites is 1. The second-order valence-electron chi connectivity index (χ2n) is 5.06. The van der Waals surface area contributed by atoms with Gasteiger partial charge in [-0.1, -0.05) is 23.7 Å². The number of hydrogen-bond acceptors (Lipinski definition) is 3. The maximum absolute atomic E-state index is 12.0. The molecule has 0 unspecified atom stereocenters. The Hall–Kier alpha value is -2.14. The van der Waals surface area contributed by atoms with Gasteiger partial charge in [0, 0.05) is 12.0 Å². The molecule has 1 aliphatic rings. The Kier molecular flexibility index (Phi) is 3.75. The highest BCUT2D eigenvalue weighted by atomic mass is 35.5. The number of halogens is 1. The molecule has 0 radical (unpaired) electrons. The van der Waals surface area contributed by atoms with Crippen LogP contribution in [0.4, 0.5) is 5.69 Å². The first kappa shape index (κ1) is 13.8. The van der Waals surface area contributed by atoms with Gasteiger partial charge >= 0.3 is 0 Å². The van der Waals surface area contributed by atoms with Gasteiger partial charge in [0.2, 0.25) is 5.91 Å². The molecule has 2 aromatic rings. The Bertz CT molecular complexity index is 738. The zero-order chi connectivity index (χ0) is 14.8. The summed E-state index contributed by atoms with van der Waals surface area (Å²) in [6.45, 7) is -0.120. The highest BCUT2D eigenvalue weighted by Gasteiger charge is 2.25. The van der Waals surface area contributed by atoms with Gasteiger partial charge in [-0.25, -0.2) is 4.68 Å². The maximum atomic E-state index is 12.0. The summed E-state index contributed by atoms with van der Waals surface area (Å²) in [5.74, 6) is 0.106. The van der Waals surface area contributed by atoms with Crippen LogP contribution in [-0.4, -0.2) is 15.7 Å². The van der Waals surface area contributed by atoms with Crippen LogP contribution < -0.4 is 10.9 Å². The van der Waals surface area contributed by atoms with Gasteiger partial charge in [-0.15, -0.1) is 0 Å². The second kappa shape index (κ2) is 5.69.